The van der Waals surface area contributed by atoms with Gasteiger partial charge in [0.2, 0.25) is 0 Å². The van der Waals surface area contributed by atoms with Crippen molar-refractivity contribution in [2.24, 2.45) is 0 Å². The molecule has 0 unspecified atom stereocenters. The summed E-state index contributed by atoms with van der Waals surface area (Å²) < 4.78 is 5.72. The second-order valence-electron chi connectivity index (χ2n) is 5.57. The van der Waals surface area contributed by atoms with Crippen molar-refractivity contribution >= 4 is 23.0 Å². The molecule has 1 N–H and O–H groups in total. The first-order valence-electron chi connectivity index (χ1n) is 7.43. The van der Waals surface area contributed by atoms with E-state index in [9.17, 15) is 9.59 Å². The summed E-state index contributed by atoms with van der Waals surface area (Å²) in [7, 11) is 0. The maximum Gasteiger partial charge on any atom is 0.329 e. The fourth-order valence-electron chi connectivity index (χ4n) is 3.06. The normalized spacial score (nSPS) is 29.0. The SMILES string of the molecule is O=C1N[C@H](C(=O)O[C@H]2CCCC[C@@H]2c2ccccc2)CS1. The molecule has 5 heteroatoms. The highest BCUT2D eigenvalue weighted by molar-refractivity contribution is 8.14. The van der Waals surface area contributed by atoms with E-state index < -0.39 is 6.04 Å². The smallest absolute Gasteiger partial charge is 0.329 e. The Hall–Kier alpha value is -1.49. The third-order valence-corrected chi connectivity index (χ3v) is 5.04. The molecule has 1 aromatic rings. The van der Waals surface area contributed by atoms with Crippen molar-refractivity contribution < 1.29 is 14.3 Å². The molecule has 1 aromatic carbocycles. The third kappa shape index (κ3) is 3.40. The number of benzene rings is 1. The van der Waals surface area contributed by atoms with Gasteiger partial charge in [-0.15, -0.1) is 0 Å². The van der Waals surface area contributed by atoms with Crippen molar-refractivity contribution in [2.45, 2.75) is 43.7 Å². The van der Waals surface area contributed by atoms with Gasteiger partial charge >= 0.3 is 5.97 Å². The predicted molar refractivity (Wildman–Crippen MR) is 82.3 cm³/mol. The molecule has 0 spiro atoms. The zero-order chi connectivity index (χ0) is 14.7. The highest BCUT2D eigenvalue weighted by Gasteiger charge is 2.34. The number of rotatable bonds is 3. The van der Waals surface area contributed by atoms with Crippen molar-refractivity contribution in [3.8, 4) is 0 Å². The molecular weight excluding hydrogens is 286 g/mol. The number of hydrogen-bond acceptors (Lipinski definition) is 4. The van der Waals surface area contributed by atoms with Crippen LogP contribution in [-0.4, -0.2) is 29.1 Å². The van der Waals surface area contributed by atoms with E-state index in [-0.39, 0.29) is 23.2 Å². The maximum atomic E-state index is 12.2. The van der Waals surface area contributed by atoms with Crippen LogP contribution in [0.4, 0.5) is 4.79 Å². The van der Waals surface area contributed by atoms with Crippen LogP contribution in [0.3, 0.4) is 0 Å². The van der Waals surface area contributed by atoms with Crippen LogP contribution in [0.25, 0.3) is 0 Å². The van der Waals surface area contributed by atoms with Crippen LogP contribution in [0.5, 0.6) is 0 Å². The van der Waals surface area contributed by atoms with E-state index in [2.05, 4.69) is 17.4 Å². The second-order valence-corrected chi connectivity index (χ2v) is 6.57. The molecule has 2 fully saturated rings. The van der Waals surface area contributed by atoms with Gasteiger partial charge in [0.1, 0.15) is 12.1 Å². The van der Waals surface area contributed by atoms with Crippen LogP contribution >= 0.6 is 11.8 Å². The molecule has 1 saturated carbocycles. The highest BCUT2D eigenvalue weighted by Crippen LogP contribution is 2.35. The number of nitrogens with one attached hydrogen (secondary N) is 1. The molecule has 2 aliphatic rings. The Labute approximate surface area is 128 Å². The summed E-state index contributed by atoms with van der Waals surface area (Å²) in [4.78, 5) is 23.4. The fourth-order valence-corrected chi connectivity index (χ4v) is 3.83. The lowest BCUT2D eigenvalue weighted by molar-refractivity contribution is -0.153. The molecule has 1 amide bonds. The lowest BCUT2D eigenvalue weighted by Crippen LogP contribution is -2.40. The minimum absolute atomic E-state index is 0.0730. The summed E-state index contributed by atoms with van der Waals surface area (Å²) in [6.07, 6.45) is 4.14. The molecule has 0 bridgehead atoms. The Morgan fingerprint density at radius 1 is 1.19 bits per heavy atom. The zero-order valence-corrected chi connectivity index (χ0v) is 12.6. The van der Waals surface area contributed by atoms with Crippen molar-refractivity contribution in [1.29, 1.82) is 0 Å². The number of hydrogen-bond donors (Lipinski definition) is 1. The van der Waals surface area contributed by atoms with Gasteiger partial charge in [-0.25, -0.2) is 4.79 Å². The van der Waals surface area contributed by atoms with Crippen molar-refractivity contribution in [3.05, 3.63) is 35.9 Å². The Morgan fingerprint density at radius 3 is 2.67 bits per heavy atom. The molecule has 1 saturated heterocycles. The first kappa shape index (κ1) is 14.4. The van der Waals surface area contributed by atoms with E-state index in [1.165, 1.54) is 12.0 Å². The van der Waals surface area contributed by atoms with Gasteiger partial charge in [-0.2, -0.15) is 0 Å². The van der Waals surface area contributed by atoms with E-state index >= 15 is 0 Å². The Balaban J connectivity index is 1.67. The molecule has 21 heavy (non-hydrogen) atoms. The molecular formula is C16H19NO3S. The predicted octanol–water partition coefficient (Wildman–Crippen LogP) is 3.08. The molecule has 1 aliphatic heterocycles. The minimum Gasteiger partial charge on any atom is -0.460 e. The highest BCUT2D eigenvalue weighted by atomic mass is 32.2. The number of esters is 1. The second kappa shape index (κ2) is 6.52. The van der Waals surface area contributed by atoms with Gasteiger partial charge in [0.25, 0.3) is 5.24 Å². The molecule has 4 nitrogen and oxygen atoms in total. The average Bonchev–Trinajstić information content (AvgIpc) is 2.95. The number of amides is 1. The van der Waals surface area contributed by atoms with Gasteiger partial charge in [-0.3, -0.25) is 4.79 Å². The summed E-state index contributed by atoms with van der Waals surface area (Å²) >= 11 is 1.14. The summed E-state index contributed by atoms with van der Waals surface area (Å²) in [5.41, 5.74) is 1.24. The van der Waals surface area contributed by atoms with Gasteiger partial charge < -0.3 is 10.1 Å². The van der Waals surface area contributed by atoms with Crippen LogP contribution < -0.4 is 5.32 Å². The van der Waals surface area contributed by atoms with Crippen LogP contribution in [0, 0.1) is 0 Å². The Kier molecular flexibility index (Phi) is 4.48. The number of carbonyl (C=O) groups is 2. The average molecular weight is 305 g/mol. The summed E-state index contributed by atoms with van der Waals surface area (Å²) in [5, 5.41) is 2.51. The molecule has 112 valence electrons. The molecule has 0 radical (unpaired) electrons. The third-order valence-electron chi connectivity index (χ3n) is 4.16. The van der Waals surface area contributed by atoms with Crippen molar-refractivity contribution in [2.75, 3.05) is 5.75 Å². The van der Waals surface area contributed by atoms with E-state index in [1.54, 1.807) is 0 Å². The fraction of sp³-hybridized carbons (Fsp3) is 0.500. The van der Waals surface area contributed by atoms with E-state index in [4.69, 9.17) is 4.74 Å². The molecule has 3 rings (SSSR count). The van der Waals surface area contributed by atoms with Gasteiger partial charge in [0.15, 0.2) is 0 Å². The first-order chi connectivity index (χ1) is 10.2. The van der Waals surface area contributed by atoms with Crippen LogP contribution in [-0.2, 0) is 9.53 Å². The van der Waals surface area contributed by atoms with Crippen LogP contribution in [0.15, 0.2) is 30.3 Å². The van der Waals surface area contributed by atoms with Crippen LogP contribution in [0.2, 0.25) is 0 Å². The Morgan fingerprint density at radius 2 is 1.95 bits per heavy atom. The number of thioether (sulfide) groups is 1. The number of ether oxygens (including phenoxy) is 1. The largest absolute Gasteiger partial charge is 0.460 e. The van der Waals surface area contributed by atoms with Crippen molar-refractivity contribution in [3.63, 3.8) is 0 Å². The van der Waals surface area contributed by atoms with Gasteiger partial charge in [0.05, 0.1) is 0 Å². The van der Waals surface area contributed by atoms with E-state index in [0.717, 1.165) is 31.0 Å². The first-order valence-corrected chi connectivity index (χ1v) is 8.41. The topological polar surface area (TPSA) is 55.4 Å². The molecule has 3 atom stereocenters. The quantitative estimate of drug-likeness (QED) is 0.872. The molecule has 1 aliphatic carbocycles. The van der Waals surface area contributed by atoms with Gasteiger partial charge in [-0.05, 0) is 24.8 Å². The van der Waals surface area contributed by atoms with E-state index in [1.807, 2.05) is 18.2 Å². The molecule has 0 aromatic heterocycles. The monoisotopic (exact) mass is 305 g/mol. The number of carbonyl (C=O) groups excluding carboxylic acids is 2. The summed E-state index contributed by atoms with van der Waals surface area (Å²) in [5.74, 6) is 0.454. The summed E-state index contributed by atoms with van der Waals surface area (Å²) in [6.45, 7) is 0. The summed E-state index contributed by atoms with van der Waals surface area (Å²) in [6, 6.07) is 9.76. The van der Waals surface area contributed by atoms with Crippen molar-refractivity contribution in [1.82, 2.24) is 5.32 Å². The zero-order valence-electron chi connectivity index (χ0n) is 11.8. The standard InChI is InChI=1S/C16H19NO3S/c18-15(13-10-21-16(19)17-13)20-14-9-5-4-8-12(14)11-6-2-1-3-7-11/h1-3,6-7,12-14H,4-5,8-10H2,(H,17,19)/t12-,13+,14+/m1/s1. The lowest BCUT2D eigenvalue weighted by atomic mass is 9.81. The minimum atomic E-state index is -0.485. The molecule has 1 heterocycles. The van der Waals surface area contributed by atoms with Gasteiger partial charge in [0, 0.05) is 11.7 Å². The van der Waals surface area contributed by atoms with Crippen LogP contribution in [0.1, 0.15) is 37.2 Å². The maximum absolute atomic E-state index is 12.2. The Bertz CT molecular complexity index is 520. The lowest BCUT2D eigenvalue weighted by Gasteiger charge is -2.32. The van der Waals surface area contributed by atoms with E-state index in [0.29, 0.717) is 5.75 Å². The van der Waals surface area contributed by atoms with Gasteiger partial charge in [-0.1, -0.05) is 48.5 Å².